The van der Waals surface area contributed by atoms with Crippen molar-refractivity contribution in [1.82, 2.24) is 20.0 Å². The Balaban J connectivity index is 1.67. The summed E-state index contributed by atoms with van der Waals surface area (Å²) in [5, 5.41) is 18.1. The van der Waals surface area contributed by atoms with Crippen molar-refractivity contribution in [2.75, 3.05) is 39.4 Å². The van der Waals surface area contributed by atoms with Gasteiger partial charge in [-0.3, -0.25) is 19.6 Å². The molecule has 2 saturated heterocycles. The number of aryl methyl sites for hydroxylation is 2. The van der Waals surface area contributed by atoms with E-state index in [-0.39, 0.29) is 11.3 Å². The molecule has 2 N–H and O–H groups in total. The maximum absolute atomic E-state index is 13.1. The molecule has 2 aliphatic heterocycles. The topological polar surface area (TPSA) is 98.8 Å². The fourth-order valence-corrected chi connectivity index (χ4v) is 4.42. The Bertz CT molecular complexity index is 973. The average Bonchev–Trinajstić information content (AvgIpc) is 3.25. The molecule has 0 bridgehead atoms. The number of hydrogen-bond acceptors (Lipinski definition) is 6. The molecule has 8 heteroatoms. The van der Waals surface area contributed by atoms with Gasteiger partial charge < -0.3 is 14.7 Å². The fraction of sp³-hybridized carbons (Fsp3) is 0.435. The number of ketones is 1. The lowest BCUT2D eigenvalue weighted by molar-refractivity contribution is -0.140. The lowest BCUT2D eigenvalue weighted by Crippen LogP contribution is -2.38. The fourth-order valence-electron chi connectivity index (χ4n) is 4.42. The zero-order valence-electron chi connectivity index (χ0n) is 17.9. The quantitative estimate of drug-likeness (QED) is 0.419. The second kappa shape index (κ2) is 9.03. The van der Waals surface area contributed by atoms with E-state index in [2.05, 4.69) is 15.1 Å². The van der Waals surface area contributed by atoms with Crippen LogP contribution in [0.5, 0.6) is 0 Å². The van der Waals surface area contributed by atoms with Gasteiger partial charge in [-0.25, -0.2) is 0 Å². The van der Waals surface area contributed by atoms with Gasteiger partial charge in [0.1, 0.15) is 5.76 Å². The summed E-state index contributed by atoms with van der Waals surface area (Å²) < 4.78 is 5.39. The van der Waals surface area contributed by atoms with Crippen molar-refractivity contribution in [1.29, 1.82) is 0 Å². The normalized spacial score (nSPS) is 21.7. The molecule has 0 aliphatic carbocycles. The van der Waals surface area contributed by atoms with Crippen molar-refractivity contribution in [3.8, 4) is 0 Å². The highest BCUT2D eigenvalue weighted by molar-refractivity contribution is 6.46. The van der Waals surface area contributed by atoms with Crippen LogP contribution >= 0.6 is 0 Å². The summed E-state index contributed by atoms with van der Waals surface area (Å²) >= 11 is 0. The summed E-state index contributed by atoms with van der Waals surface area (Å²) in [5.41, 5.74) is 2.64. The number of amides is 1. The standard InChI is InChI=1S/C23H28N4O4/c1-15-18(16(2)25-24-15)21(28)19-20(17-7-4-3-5-8-17)27(23(30)22(19)29)10-6-9-26-11-13-31-14-12-26/h3-5,7-8,20,28H,6,9-14H2,1-2H3,(H,24,25)/t20-/m0/s1. The average molecular weight is 425 g/mol. The van der Waals surface area contributed by atoms with Crippen LogP contribution in [0.4, 0.5) is 0 Å². The Morgan fingerprint density at radius 3 is 2.52 bits per heavy atom. The van der Waals surface area contributed by atoms with E-state index in [1.807, 2.05) is 30.3 Å². The largest absolute Gasteiger partial charge is 0.507 e. The van der Waals surface area contributed by atoms with Crippen LogP contribution in [0.2, 0.25) is 0 Å². The minimum Gasteiger partial charge on any atom is -0.507 e. The molecule has 0 spiro atoms. The van der Waals surface area contributed by atoms with Gasteiger partial charge in [-0.1, -0.05) is 30.3 Å². The maximum atomic E-state index is 13.1. The van der Waals surface area contributed by atoms with Crippen molar-refractivity contribution >= 4 is 17.4 Å². The number of rotatable bonds is 6. The second-order valence-corrected chi connectivity index (χ2v) is 8.02. The number of carbonyl (C=O) groups excluding carboxylic acids is 2. The molecule has 2 aliphatic rings. The first kappa shape index (κ1) is 21.3. The molecule has 164 valence electrons. The number of carbonyl (C=O) groups is 2. The van der Waals surface area contributed by atoms with Gasteiger partial charge in [0.05, 0.1) is 36.1 Å². The number of aliphatic hydroxyl groups is 1. The van der Waals surface area contributed by atoms with Crippen LogP contribution in [-0.4, -0.2) is 76.2 Å². The summed E-state index contributed by atoms with van der Waals surface area (Å²) in [5.74, 6) is -1.40. The number of benzene rings is 1. The van der Waals surface area contributed by atoms with Crippen LogP contribution in [0.3, 0.4) is 0 Å². The van der Waals surface area contributed by atoms with Gasteiger partial charge in [0.15, 0.2) is 0 Å². The van der Waals surface area contributed by atoms with Gasteiger partial charge in [-0.2, -0.15) is 5.10 Å². The highest BCUT2D eigenvalue weighted by Crippen LogP contribution is 2.40. The Kier molecular flexibility index (Phi) is 6.20. The number of morpholine rings is 1. The number of ether oxygens (including phenoxy) is 1. The predicted molar refractivity (Wildman–Crippen MR) is 115 cm³/mol. The molecule has 2 fully saturated rings. The number of nitrogens with zero attached hydrogens (tertiary/aromatic N) is 3. The van der Waals surface area contributed by atoms with Crippen molar-refractivity contribution in [3.05, 3.63) is 58.4 Å². The van der Waals surface area contributed by atoms with Crippen molar-refractivity contribution in [2.24, 2.45) is 0 Å². The Morgan fingerprint density at radius 2 is 1.87 bits per heavy atom. The molecule has 31 heavy (non-hydrogen) atoms. The molecule has 4 rings (SSSR count). The number of aromatic nitrogens is 2. The van der Waals surface area contributed by atoms with E-state index in [9.17, 15) is 14.7 Å². The van der Waals surface area contributed by atoms with Crippen LogP contribution in [0.25, 0.3) is 5.76 Å². The number of aromatic amines is 1. The number of hydrogen-bond donors (Lipinski definition) is 2. The first-order valence-electron chi connectivity index (χ1n) is 10.6. The Labute approximate surface area is 181 Å². The van der Waals surface area contributed by atoms with Gasteiger partial charge >= 0.3 is 0 Å². The number of Topliss-reactive ketones (excluding diaryl/α,β-unsaturated/α-hetero) is 1. The number of aliphatic hydroxyl groups excluding tert-OH is 1. The van der Waals surface area contributed by atoms with E-state index >= 15 is 0 Å². The summed E-state index contributed by atoms with van der Waals surface area (Å²) in [6, 6.07) is 8.77. The van der Waals surface area contributed by atoms with E-state index in [1.54, 1.807) is 18.7 Å². The third-order valence-electron chi connectivity index (χ3n) is 6.00. The van der Waals surface area contributed by atoms with E-state index < -0.39 is 17.7 Å². The summed E-state index contributed by atoms with van der Waals surface area (Å²) in [7, 11) is 0. The highest BCUT2D eigenvalue weighted by Gasteiger charge is 2.46. The van der Waals surface area contributed by atoms with Crippen LogP contribution in [0, 0.1) is 13.8 Å². The summed E-state index contributed by atoms with van der Waals surface area (Å²) in [6.45, 7) is 7.99. The van der Waals surface area contributed by atoms with Gasteiger partial charge in [-0.15, -0.1) is 0 Å². The van der Waals surface area contributed by atoms with E-state index in [0.717, 1.165) is 44.8 Å². The molecule has 0 unspecified atom stereocenters. The molecule has 1 aromatic heterocycles. The van der Waals surface area contributed by atoms with Gasteiger partial charge in [0, 0.05) is 31.9 Å². The molecule has 3 heterocycles. The molecule has 1 amide bonds. The van der Waals surface area contributed by atoms with Crippen molar-refractivity contribution in [3.63, 3.8) is 0 Å². The maximum Gasteiger partial charge on any atom is 0.295 e. The minimum absolute atomic E-state index is 0.121. The van der Waals surface area contributed by atoms with Crippen molar-refractivity contribution in [2.45, 2.75) is 26.3 Å². The first-order chi connectivity index (χ1) is 15.0. The number of nitrogens with one attached hydrogen (secondary N) is 1. The molecular weight excluding hydrogens is 396 g/mol. The smallest absolute Gasteiger partial charge is 0.295 e. The molecule has 1 aromatic carbocycles. The van der Waals surface area contributed by atoms with Gasteiger partial charge in [0.2, 0.25) is 0 Å². The molecule has 0 radical (unpaired) electrons. The molecule has 0 saturated carbocycles. The van der Waals surface area contributed by atoms with Gasteiger partial charge in [-0.05, 0) is 25.8 Å². The lowest BCUT2D eigenvalue weighted by Gasteiger charge is -2.29. The molecule has 1 atom stereocenters. The highest BCUT2D eigenvalue weighted by atomic mass is 16.5. The summed E-state index contributed by atoms with van der Waals surface area (Å²) in [6.07, 6.45) is 0.736. The van der Waals surface area contributed by atoms with Crippen molar-refractivity contribution < 1.29 is 19.4 Å². The van der Waals surface area contributed by atoms with E-state index in [4.69, 9.17) is 4.74 Å². The zero-order chi connectivity index (χ0) is 22.0. The Hall–Kier alpha value is -2.97. The Morgan fingerprint density at radius 1 is 1.16 bits per heavy atom. The molecular formula is C23H28N4O4. The first-order valence-corrected chi connectivity index (χ1v) is 10.6. The minimum atomic E-state index is -0.655. The van der Waals surface area contributed by atoms with Gasteiger partial charge in [0.25, 0.3) is 11.7 Å². The number of likely N-dealkylation sites (tertiary alicyclic amines) is 1. The monoisotopic (exact) mass is 424 g/mol. The third kappa shape index (κ3) is 4.13. The lowest BCUT2D eigenvalue weighted by atomic mass is 9.94. The molecule has 8 nitrogen and oxygen atoms in total. The SMILES string of the molecule is Cc1n[nH]c(C)c1C(O)=C1C(=O)C(=O)N(CCCN2CCOCC2)[C@H]1c1ccccc1. The summed E-state index contributed by atoms with van der Waals surface area (Å²) in [4.78, 5) is 29.9. The van der Waals surface area contributed by atoms with Crippen LogP contribution < -0.4 is 0 Å². The third-order valence-corrected chi connectivity index (χ3v) is 6.00. The van der Waals surface area contributed by atoms with Crippen LogP contribution in [-0.2, 0) is 14.3 Å². The van der Waals surface area contributed by atoms with Crippen LogP contribution in [0.15, 0.2) is 35.9 Å². The van der Waals surface area contributed by atoms with Crippen LogP contribution in [0.1, 0.15) is 35.0 Å². The zero-order valence-corrected chi connectivity index (χ0v) is 17.9. The number of H-pyrrole nitrogens is 1. The predicted octanol–water partition coefficient (Wildman–Crippen LogP) is 2.17. The molecule has 2 aromatic rings. The van der Waals surface area contributed by atoms with E-state index in [1.165, 1.54) is 0 Å². The second-order valence-electron chi connectivity index (χ2n) is 8.02. The van der Waals surface area contributed by atoms with E-state index in [0.29, 0.717) is 23.5 Å².